The summed E-state index contributed by atoms with van der Waals surface area (Å²) < 4.78 is 6.93. The number of benzene rings is 1. The van der Waals surface area contributed by atoms with Crippen LogP contribution in [0.25, 0.3) is 11.4 Å². The minimum Gasteiger partial charge on any atom is -0.399 e. The second-order valence-electron chi connectivity index (χ2n) is 4.30. The average Bonchev–Trinajstić information content (AvgIpc) is 2.86. The molecule has 18 heavy (non-hydrogen) atoms. The predicted octanol–water partition coefficient (Wildman–Crippen LogP) is 2.12. The fourth-order valence-electron chi connectivity index (χ4n) is 1.67. The van der Waals surface area contributed by atoms with Gasteiger partial charge in [-0.05, 0) is 37.6 Å². The van der Waals surface area contributed by atoms with Gasteiger partial charge < -0.3 is 10.5 Å². The zero-order chi connectivity index (χ0) is 13.0. The molecule has 96 valence electrons. The molecule has 0 aliphatic carbocycles. The monoisotopic (exact) mass is 246 g/mol. The molecule has 0 amide bonds. The van der Waals surface area contributed by atoms with Crippen LogP contribution in [0, 0.1) is 0 Å². The van der Waals surface area contributed by atoms with E-state index >= 15 is 0 Å². The molecule has 1 heterocycles. The maximum absolute atomic E-state index is 5.65. The number of hydrogen-bond donors (Lipinski definition) is 1. The van der Waals surface area contributed by atoms with E-state index in [1.54, 1.807) is 13.4 Å². The maximum Gasteiger partial charge on any atom is 0.181 e. The molecule has 0 saturated heterocycles. The standard InChI is InChI=1S/C13H18N4O/c1-10(7-8-18-2)17-9-15-13(16-17)11-3-5-12(14)6-4-11/h3-6,9-10H,7-8,14H2,1-2H3. The lowest BCUT2D eigenvalue weighted by molar-refractivity contribution is 0.178. The first-order valence-corrected chi connectivity index (χ1v) is 5.96. The first kappa shape index (κ1) is 12.6. The fraction of sp³-hybridized carbons (Fsp3) is 0.385. The topological polar surface area (TPSA) is 66.0 Å². The van der Waals surface area contributed by atoms with Crippen LogP contribution in [0.1, 0.15) is 19.4 Å². The van der Waals surface area contributed by atoms with Gasteiger partial charge >= 0.3 is 0 Å². The van der Waals surface area contributed by atoms with Gasteiger partial charge in [0.1, 0.15) is 6.33 Å². The van der Waals surface area contributed by atoms with Crippen LogP contribution in [0.3, 0.4) is 0 Å². The van der Waals surface area contributed by atoms with Crippen molar-refractivity contribution < 1.29 is 4.74 Å². The summed E-state index contributed by atoms with van der Waals surface area (Å²) in [5.74, 6) is 0.722. The van der Waals surface area contributed by atoms with Crippen molar-refractivity contribution in [3.8, 4) is 11.4 Å². The van der Waals surface area contributed by atoms with Crippen LogP contribution >= 0.6 is 0 Å². The van der Waals surface area contributed by atoms with Crippen molar-refractivity contribution >= 4 is 5.69 Å². The first-order valence-electron chi connectivity index (χ1n) is 5.96. The highest BCUT2D eigenvalue weighted by molar-refractivity contribution is 5.57. The Kier molecular flexibility index (Phi) is 3.94. The molecule has 0 spiro atoms. The molecule has 5 heteroatoms. The molecule has 1 atom stereocenters. The lowest BCUT2D eigenvalue weighted by Gasteiger charge is -2.09. The molecule has 0 aliphatic heterocycles. The van der Waals surface area contributed by atoms with Crippen molar-refractivity contribution in [2.75, 3.05) is 19.5 Å². The Balaban J connectivity index is 2.12. The van der Waals surface area contributed by atoms with Crippen molar-refractivity contribution in [3.05, 3.63) is 30.6 Å². The minimum absolute atomic E-state index is 0.278. The van der Waals surface area contributed by atoms with E-state index in [2.05, 4.69) is 17.0 Å². The lowest BCUT2D eigenvalue weighted by atomic mass is 10.2. The molecule has 0 fully saturated rings. The molecule has 0 aliphatic rings. The molecular weight excluding hydrogens is 228 g/mol. The molecule has 0 saturated carbocycles. The molecule has 1 aromatic carbocycles. The highest BCUT2D eigenvalue weighted by Gasteiger charge is 2.09. The van der Waals surface area contributed by atoms with Crippen molar-refractivity contribution in [2.45, 2.75) is 19.4 Å². The SMILES string of the molecule is COCCC(C)n1cnc(-c2ccc(N)cc2)n1. The molecular formula is C13H18N4O. The molecule has 2 aromatic rings. The van der Waals surface area contributed by atoms with E-state index in [-0.39, 0.29) is 6.04 Å². The van der Waals surface area contributed by atoms with Gasteiger partial charge in [0.25, 0.3) is 0 Å². The van der Waals surface area contributed by atoms with Gasteiger partial charge in [0.05, 0.1) is 6.04 Å². The molecule has 0 radical (unpaired) electrons. The fourth-order valence-corrected chi connectivity index (χ4v) is 1.67. The Morgan fingerprint density at radius 2 is 2.06 bits per heavy atom. The normalized spacial score (nSPS) is 12.6. The zero-order valence-corrected chi connectivity index (χ0v) is 10.7. The smallest absolute Gasteiger partial charge is 0.181 e. The number of nitrogens with zero attached hydrogens (tertiary/aromatic N) is 3. The summed E-state index contributed by atoms with van der Waals surface area (Å²) >= 11 is 0. The summed E-state index contributed by atoms with van der Waals surface area (Å²) in [4.78, 5) is 4.32. The van der Waals surface area contributed by atoms with Crippen LogP contribution in [0.4, 0.5) is 5.69 Å². The van der Waals surface area contributed by atoms with Gasteiger partial charge in [-0.2, -0.15) is 5.10 Å². The van der Waals surface area contributed by atoms with E-state index in [0.717, 1.165) is 30.1 Å². The number of aromatic nitrogens is 3. The van der Waals surface area contributed by atoms with Gasteiger partial charge in [0, 0.05) is 25.0 Å². The zero-order valence-electron chi connectivity index (χ0n) is 10.7. The van der Waals surface area contributed by atoms with E-state index in [1.807, 2.05) is 28.9 Å². The third-order valence-electron chi connectivity index (χ3n) is 2.87. The highest BCUT2D eigenvalue weighted by atomic mass is 16.5. The Bertz CT molecular complexity index is 492. The van der Waals surface area contributed by atoms with E-state index in [1.165, 1.54) is 0 Å². The number of ether oxygens (including phenoxy) is 1. The van der Waals surface area contributed by atoms with Crippen LogP contribution in [-0.2, 0) is 4.74 Å². The molecule has 2 rings (SSSR count). The Morgan fingerprint density at radius 3 is 2.72 bits per heavy atom. The number of nitrogen functional groups attached to an aromatic ring is 1. The third-order valence-corrected chi connectivity index (χ3v) is 2.87. The molecule has 1 unspecified atom stereocenters. The Labute approximate surface area is 107 Å². The van der Waals surface area contributed by atoms with E-state index in [4.69, 9.17) is 10.5 Å². The summed E-state index contributed by atoms with van der Waals surface area (Å²) in [5.41, 5.74) is 7.37. The Morgan fingerprint density at radius 1 is 1.33 bits per heavy atom. The number of rotatable bonds is 5. The van der Waals surface area contributed by atoms with Gasteiger partial charge in [-0.15, -0.1) is 0 Å². The number of anilines is 1. The quantitative estimate of drug-likeness (QED) is 0.821. The summed E-state index contributed by atoms with van der Waals surface area (Å²) in [5, 5.41) is 4.47. The molecule has 5 nitrogen and oxygen atoms in total. The largest absolute Gasteiger partial charge is 0.399 e. The van der Waals surface area contributed by atoms with Crippen LogP contribution in [0.5, 0.6) is 0 Å². The van der Waals surface area contributed by atoms with Gasteiger partial charge in [0.15, 0.2) is 5.82 Å². The maximum atomic E-state index is 5.65. The molecule has 2 N–H and O–H groups in total. The van der Waals surface area contributed by atoms with Crippen LogP contribution in [0.15, 0.2) is 30.6 Å². The Hall–Kier alpha value is -1.88. The molecule has 0 bridgehead atoms. The van der Waals surface area contributed by atoms with Crippen molar-refractivity contribution in [3.63, 3.8) is 0 Å². The van der Waals surface area contributed by atoms with Crippen LogP contribution in [0.2, 0.25) is 0 Å². The van der Waals surface area contributed by atoms with Crippen molar-refractivity contribution in [1.29, 1.82) is 0 Å². The van der Waals surface area contributed by atoms with Crippen molar-refractivity contribution in [1.82, 2.24) is 14.8 Å². The molecule has 1 aromatic heterocycles. The van der Waals surface area contributed by atoms with Gasteiger partial charge in [-0.25, -0.2) is 9.67 Å². The van der Waals surface area contributed by atoms with E-state index in [0.29, 0.717) is 0 Å². The van der Waals surface area contributed by atoms with Gasteiger partial charge in [0.2, 0.25) is 0 Å². The predicted molar refractivity (Wildman–Crippen MR) is 71.1 cm³/mol. The summed E-state index contributed by atoms with van der Waals surface area (Å²) in [6, 6.07) is 7.83. The minimum atomic E-state index is 0.278. The average molecular weight is 246 g/mol. The number of hydrogen-bond acceptors (Lipinski definition) is 4. The van der Waals surface area contributed by atoms with Crippen LogP contribution in [-0.4, -0.2) is 28.5 Å². The third kappa shape index (κ3) is 2.87. The number of methoxy groups -OCH3 is 1. The number of nitrogens with two attached hydrogens (primary N) is 1. The van der Waals surface area contributed by atoms with Gasteiger partial charge in [-0.1, -0.05) is 0 Å². The van der Waals surface area contributed by atoms with E-state index in [9.17, 15) is 0 Å². The van der Waals surface area contributed by atoms with Crippen molar-refractivity contribution in [2.24, 2.45) is 0 Å². The summed E-state index contributed by atoms with van der Waals surface area (Å²) in [6.07, 6.45) is 2.67. The lowest BCUT2D eigenvalue weighted by Crippen LogP contribution is -2.08. The highest BCUT2D eigenvalue weighted by Crippen LogP contribution is 2.17. The summed E-state index contributed by atoms with van der Waals surface area (Å²) in [7, 11) is 1.70. The van der Waals surface area contributed by atoms with Crippen LogP contribution < -0.4 is 5.73 Å². The second kappa shape index (κ2) is 5.64. The van der Waals surface area contributed by atoms with Gasteiger partial charge in [-0.3, -0.25) is 0 Å². The second-order valence-corrected chi connectivity index (χ2v) is 4.30. The first-order chi connectivity index (χ1) is 8.70. The van der Waals surface area contributed by atoms with E-state index < -0.39 is 0 Å². The summed E-state index contributed by atoms with van der Waals surface area (Å²) in [6.45, 7) is 2.82.